The lowest BCUT2D eigenvalue weighted by Gasteiger charge is -2.32. The molecule has 3 rings (SSSR count). The van der Waals surface area contributed by atoms with Crippen LogP contribution in [0.5, 0.6) is 0 Å². The first-order chi connectivity index (χ1) is 10.3. The van der Waals surface area contributed by atoms with Crippen molar-refractivity contribution in [2.75, 3.05) is 19.7 Å². The van der Waals surface area contributed by atoms with Gasteiger partial charge in [-0.2, -0.15) is 0 Å². The van der Waals surface area contributed by atoms with E-state index >= 15 is 0 Å². The minimum absolute atomic E-state index is 0.286. The molecule has 0 radical (unpaired) electrons. The van der Waals surface area contributed by atoms with Crippen LogP contribution < -0.4 is 0 Å². The van der Waals surface area contributed by atoms with Crippen molar-refractivity contribution in [1.29, 1.82) is 0 Å². The Labute approximate surface area is 129 Å². The minimum Gasteiger partial charge on any atom is -0.376 e. The molecule has 0 spiro atoms. The van der Waals surface area contributed by atoms with Crippen LogP contribution in [0.2, 0.25) is 0 Å². The summed E-state index contributed by atoms with van der Waals surface area (Å²) in [7, 11) is 0. The van der Waals surface area contributed by atoms with Crippen molar-refractivity contribution in [2.24, 2.45) is 0 Å². The van der Waals surface area contributed by atoms with Gasteiger partial charge in [-0.1, -0.05) is 0 Å². The first-order valence-corrected chi connectivity index (χ1v) is 8.17. The SMILES string of the molecule is Cc1nc(CN2CCOC(CCc3ccncn3)C2)cs1. The molecule has 0 N–H and O–H groups in total. The van der Waals surface area contributed by atoms with Gasteiger partial charge in [0.15, 0.2) is 0 Å². The van der Waals surface area contributed by atoms with Crippen LogP contribution in [0.25, 0.3) is 0 Å². The summed E-state index contributed by atoms with van der Waals surface area (Å²) in [6.07, 6.45) is 5.63. The summed E-state index contributed by atoms with van der Waals surface area (Å²) in [6, 6.07) is 1.97. The molecule has 5 nitrogen and oxygen atoms in total. The van der Waals surface area contributed by atoms with E-state index in [0.29, 0.717) is 0 Å². The number of hydrogen-bond donors (Lipinski definition) is 0. The first kappa shape index (κ1) is 14.6. The number of aromatic nitrogens is 3. The largest absolute Gasteiger partial charge is 0.376 e. The molecule has 1 fully saturated rings. The van der Waals surface area contributed by atoms with Crippen LogP contribution in [-0.2, 0) is 17.7 Å². The zero-order valence-corrected chi connectivity index (χ0v) is 13.1. The van der Waals surface area contributed by atoms with E-state index in [1.54, 1.807) is 23.9 Å². The molecule has 1 aliphatic rings. The van der Waals surface area contributed by atoms with Gasteiger partial charge in [0.1, 0.15) is 6.33 Å². The molecular formula is C15H20N4OS. The van der Waals surface area contributed by atoms with Crippen LogP contribution in [0.4, 0.5) is 0 Å². The summed E-state index contributed by atoms with van der Waals surface area (Å²) < 4.78 is 5.87. The Hall–Kier alpha value is -1.37. The summed E-state index contributed by atoms with van der Waals surface area (Å²) in [5.41, 5.74) is 2.26. The van der Waals surface area contributed by atoms with Crippen molar-refractivity contribution < 1.29 is 4.74 Å². The van der Waals surface area contributed by atoms with Crippen molar-refractivity contribution >= 4 is 11.3 Å². The predicted molar refractivity (Wildman–Crippen MR) is 82.2 cm³/mol. The Kier molecular flexibility index (Phi) is 4.90. The van der Waals surface area contributed by atoms with Crippen molar-refractivity contribution in [3.05, 3.63) is 40.4 Å². The Balaban J connectivity index is 1.49. The lowest BCUT2D eigenvalue weighted by atomic mass is 10.1. The van der Waals surface area contributed by atoms with E-state index in [0.717, 1.165) is 49.8 Å². The third kappa shape index (κ3) is 4.30. The summed E-state index contributed by atoms with van der Waals surface area (Å²) in [5.74, 6) is 0. The fourth-order valence-corrected chi connectivity index (χ4v) is 3.19. The summed E-state index contributed by atoms with van der Waals surface area (Å²) in [5, 5.41) is 3.29. The van der Waals surface area contributed by atoms with Crippen LogP contribution in [0.3, 0.4) is 0 Å². The maximum Gasteiger partial charge on any atom is 0.115 e. The number of rotatable bonds is 5. The quantitative estimate of drug-likeness (QED) is 0.846. The van der Waals surface area contributed by atoms with Crippen molar-refractivity contribution in [3.8, 4) is 0 Å². The topological polar surface area (TPSA) is 51.1 Å². The number of aryl methyl sites for hydroxylation is 2. The molecule has 1 aliphatic heterocycles. The highest BCUT2D eigenvalue weighted by Gasteiger charge is 2.21. The van der Waals surface area contributed by atoms with Gasteiger partial charge >= 0.3 is 0 Å². The molecule has 6 heteroatoms. The van der Waals surface area contributed by atoms with E-state index in [-0.39, 0.29) is 6.10 Å². The average Bonchev–Trinajstić information content (AvgIpc) is 2.92. The van der Waals surface area contributed by atoms with Crippen molar-refractivity contribution in [3.63, 3.8) is 0 Å². The van der Waals surface area contributed by atoms with Gasteiger partial charge < -0.3 is 4.74 Å². The maximum absolute atomic E-state index is 5.87. The van der Waals surface area contributed by atoms with E-state index in [4.69, 9.17) is 4.74 Å². The fraction of sp³-hybridized carbons (Fsp3) is 0.533. The highest BCUT2D eigenvalue weighted by Crippen LogP contribution is 2.15. The normalized spacial score (nSPS) is 19.8. The molecular weight excluding hydrogens is 284 g/mol. The summed E-state index contributed by atoms with van der Waals surface area (Å²) >= 11 is 1.72. The molecule has 0 amide bonds. The predicted octanol–water partition coefficient (Wildman–Crippen LogP) is 2.08. The zero-order valence-electron chi connectivity index (χ0n) is 12.2. The molecule has 0 saturated carbocycles. The Morgan fingerprint density at radius 2 is 2.38 bits per heavy atom. The molecule has 1 atom stereocenters. The van der Waals surface area contributed by atoms with Gasteiger partial charge in [-0.3, -0.25) is 4.90 Å². The van der Waals surface area contributed by atoms with Gasteiger partial charge in [0, 0.05) is 36.9 Å². The van der Waals surface area contributed by atoms with Gasteiger partial charge in [-0.05, 0) is 25.8 Å². The van der Waals surface area contributed by atoms with Gasteiger partial charge in [0.25, 0.3) is 0 Å². The third-order valence-electron chi connectivity index (χ3n) is 3.64. The Morgan fingerprint density at radius 1 is 1.43 bits per heavy atom. The van der Waals surface area contributed by atoms with Gasteiger partial charge in [0.2, 0.25) is 0 Å². The lowest BCUT2D eigenvalue weighted by Crippen LogP contribution is -2.42. The fourth-order valence-electron chi connectivity index (χ4n) is 2.58. The molecule has 1 unspecified atom stereocenters. The van der Waals surface area contributed by atoms with E-state index < -0.39 is 0 Å². The zero-order chi connectivity index (χ0) is 14.5. The number of ether oxygens (including phenoxy) is 1. The second-order valence-electron chi connectivity index (χ2n) is 5.33. The Bertz CT molecular complexity index is 560. The van der Waals surface area contributed by atoms with E-state index in [1.165, 1.54) is 5.69 Å². The molecule has 0 bridgehead atoms. The lowest BCUT2D eigenvalue weighted by molar-refractivity contribution is -0.0349. The van der Waals surface area contributed by atoms with Crippen LogP contribution in [0.15, 0.2) is 24.0 Å². The maximum atomic E-state index is 5.87. The highest BCUT2D eigenvalue weighted by molar-refractivity contribution is 7.09. The third-order valence-corrected chi connectivity index (χ3v) is 4.46. The average molecular weight is 304 g/mol. The molecule has 1 saturated heterocycles. The van der Waals surface area contributed by atoms with E-state index in [2.05, 4.69) is 32.2 Å². The van der Waals surface area contributed by atoms with Crippen LogP contribution in [-0.4, -0.2) is 45.7 Å². The summed E-state index contributed by atoms with van der Waals surface area (Å²) in [6.45, 7) is 5.75. The monoisotopic (exact) mass is 304 g/mol. The smallest absolute Gasteiger partial charge is 0.115 e. The molecule has 21 heavy (non-hydrogen) atoms. The minimum atomic E-state index is 0.286. The van der Waals surface area contributed by atoms with E-state index in [1.807, 2.05) is 6.07 Å². The molecule has 0 aromatic carbocycles. The van der Waals surface area contributed by atoms with Crippen LogP contribution >= 0.6 is 11.3 Å². The molecule has 112 valence electrons. The van der Waals surface area contributed by atoms with Crippen molar-refractivity contribution in [1.82, 2.24) is 19.9 Å². The standard InChI is InChI=1S/C15H20N4OS/c1-12-18-14(10-21-12)8-19-6-7-20-15(9-19)3-2-13-4-5-16-11-17-13/h4-5,10-11,15H,2-3,6-9H2,1H3. The number of morpholine rings is 1. The second kappa shape index (κ2) is 7.06. The summed E-state index contributed by atoms with van der Waals surface area (Å²) in [4.78, 5) is 15.2. The van der Waals surface area contributed by atoms with Crippen LogP contribution in [0.1, 0.15) is 22.8 Å². The van der Waals surface area contributed by atoms with Crippen LogP contribution in [0, 0.1) is 6.92 Å². The number of hydrogen-bond acceptors (Lipinski definition) is 6. The first-order valence-electron chi connectivity index (χ1n) is 7.29. The molecule has 0 aliphatic carbocycles. The number of nitrogens with zero attached hydrogens (tertiary/aromatic N) is 4. The highest BCUT2D eigenvalue weighted by atomic mass is 32.1. The van der Waals surface area contributed by atoms with Gasteiger partial charge in [0.05, 0.1) is 23.4 Å². The van der Waals surface area contributed by atoms with E-state index in [9.17, 15) is 0 Å². The van der Waals surface area contributed by atoms with Crippen molar-refractivity contribution in [2.45, 2.75) is 32.4 Å². The van der Waals surface area contributed by atoms with Gasteiger partial charge in [-0.15, -0.1) is 11.3 Å². The van der Waals surface area contributed by atoms with Gasteiger partial charge in [-0.25, -0.2) is 15.0 Å². The Morgan fingerprint density at radius 3 is 3.14 bits per heavy atom. The number of thiazole rings is 1. The molecule has 2 aromatic heterocycles. The second-order valence-corrected chi connectivity index (χ2v) is 6.39. The molecule has 2 aromatic rings. The molecule has 3 heterocycles.